The van der Waals surface area contributed by atoms with Crippen molar-refractivity contribution < 1.29 is 9.69 Å². The van der Waals surface area contributed by atoms with Gasteiger partial charge in [0.15, 0.2) is 0 Å². The zero-order valence-electron chi connectivity index (χ0n) is 16.1. The van der Waals surface area contributed by atoms with E-state index in [1.54, 1.807) is 0 Å². The molecule has 1 aliphatic heterocycles. The van der Waals surface area contributed by atoms with Gasteiger partial charge in [0.25, 0.3) is 0 Å². The van der Waals surface area contributed by atoms with E-state index in [1.807, 2.05) is 25.1 Å². The predicted octanol–water partition coefficient (Wildman–Crippen LogP) is 3.68. The van der Waals surface area contributed by atoms with Crippen LogP contribution in [0.1, 0.15) is 21.6 Å². The summed E-state index contributed by atoms with van der Waals surface area (Å²) in [6.45, 7) is 8.21. The molecule has 1 fully saturated rings. The summed E-state index contributed by atoms with van der Waals surface area (Å²) in [5.74, 6) is 0.214. The number of piperazine rings is 1. The third-order valence-electron chi connectivity index (χ3n) is 5.57. The quantitative estimate of drug-likeness (QED) is 0.636. The molecule has 0 saturated carbocycles. The highest BCUT2D eigenvalue weighted by molar-refractivity contribution is 6.42. The van der Waals surface area contributed by atoms with Gasteiger partial charge >= 0.3 is 0 Å². The normalized spacial score (nSPS) is 15.4. The summed E-state index contributed by atoms with van der Waals surface area (Å²) in [6.07, 6.45) is 0. The second kappa shape index (κ2) is 7.78. The Bertz CT molecular complexity index is 1040. The highest BCUT2D eigenvalue weighted by atomic mass is 35.5. The average molecular weight is 417 g/mol. The van der Waals surface area contributed by atoms with Crippen LogP contribution in [-0.4, -0.2) is 43.5 Å². The monoisotopic (exact) mass is 416 g/mol. The third-order valence-corrected chi connectivity index (χ3v) is 6.31. The number of carbonyl (C=O) groups excluding carboxylic acids is 1. The van der Waals surface area contributed by atoms with Crippen molar-refractivity contribution in [3.63, 3.8) is 0 Å². The topological polar surface area (TPSA) is 40.5 Å². The molecule has 1 aromatic heterocycles. The fraction of sp³-hybridized carbons (Fsp3) is 0.318. The number of aromatic amines is 1. The number of Topliss-reactive ketones (excluding diaryl/α,β-unsaturated/α-hetero) is 1. The van der Waals surface area contributed by atoms with Gasteiger partial charge in [-0.15, -0.1) is 0 Å². The molecule has 4 nitrogen and oxygen atoms in total. The molecule has 0 spiro atoms. The van der Waals surface area contributed by atoms with Crippen molar-refractivity contribution in [1.82, 2.24) is 4.98 Å². The molecular weight excluding hydrogens is 393 g/mol. The maximum atomic E-state index is 13.0. The first-order chi connectivity index (χ1) is 13.4. The Labute approximate surface area is 175 Å². The molecule has 2 heterocycles. The second-order valence-corrected chi connectivity index (χ2v) is 8.42. The number of aromatic nitrogens is 1. The van der Waals surface area contributed by atoms with Crippen molar-refractivity contribution in [1.29, 1.82) is 0 Å². The fourth-order valence-corrected chi connectivity index (χ4v) is 4.35. The number of benzene rings is 2. The number of rotatable bonds is 4. The number of H-pyrrole nitrogens is 1. The van der Waals surface area contributed by atoms with Gasteiger partial charge in [-0.25, -0.2) is 0 Å². The zero-order valence-corrected chi connectivity index (χ0v) is 17.6. The molecule has 0 radical (unpaired) electrons. The summed E-state index contributed by atoms with van der Waals surface area (Å²) >= 11 is 12.2. The van der Waals surface area contributed by atoms with E-state index < -0.39 is 0 Å². The first-order valence-electron chi connectivity index (χ1n) is 9.58. The van der Waals surface area contributed by atoms with Gasteiger partial charge in [-0.3, -0.25) is 4.79 Å². The third kappa shape index (κ3) is 3.77. The van der Waals surface area contributed by atoms with Crippen molar-refractivity contribution in [2.75, 3.05) is 37.6 Å². The van der Waals surface area contributed by atoms with Crippen LogP contribution in [0.15, 0.2) is 36.4 Å². The van der Waals surface area contributed by atoms with E-state index in [2.05, 4.69) is 35.0 Å². The Morgan fingerprint density at radius 2 is 1.82 bits per heavy atom. The van der Waals surface area contributed by atoms with Crippen molar-refractivity contribution in [2.45, 2.75) is 13.8 Å². The number of nitrogens with one attached hydrogen (secondary N) is 2. The van der Waals surface area contributed by atoms with E-state index in [4.69, 9.17) is 23.2 Å². The van der Waals surface area contributed by atoms with Gasteiger partial charge in [0.2, 0.25) is 5.78 Å². The minimum atomic E-state index is 0.214. The largest absolute Gasteiger partial charge is 0.360 e. The van der Waals surface area contributed by atoms with Gasteiger partial charge < -0.3 is 14.8 Å². The maximum Gasteiger partial charge on any atom is 0.219 e. The van der Waals surface area contributed by atoms with Crippen LogP contribution in [0.2, 0.25) is 10.0 Å². The first kappa shape index (κ1) is 19.3. The highest BCUT2D eigenvalue weighted by Crippen LogP contribution is 2.27. The molecule has 146 valence electrons. The molecule has 2 aromatic carbocycles. The lowest BCUT2D eigenvalue weighted by atomic mass is 10.0. The molecule has 3 aromatic rings. The molecule has 4 rings (SSSR count). The van der Waals surface area contributed by atoms with Crippen LogP contribution in [0.4, 0.5) is 5.69 Å². The van der Waals surface area contributed by atoms with Gasteiger partial charge in [0, 0.05) is 22.3 Å². The van der Waals surface area contributed by atoms with Crippen LogP contribution in [0.3, 0.4) is 0 Å². The molecule has 0 unspecified atom stereocenters. The second-order valence-electron chi connectivity index (χ2n) is 7.61. The number of carbonyl (C=O) groups is 1. The van der Waals surface area contributed by atoms with Crippen LogP contribution in [0, 0.1) is 13.8 Å². The Balaban J connectivity index is 1.43. The summed E-state index contributed by atoms with van der Waals surface area (Å²) in [4.78, 5) is 20.0. The number of ketones is 1. The molecule has 0 aliphatic carbocycles. The van der Waals surface area contributed by atoms with Crippen molar-refractivity contribution in [3.8, 4) is 0 Å². The Kier molecular flexibility index (Phi) is 5.37. The molecular formula is C22H24Cl2N3O+. The summed E-state index contributed by atoms with van der Waals surface area (Å²) in [7, 11) is 0. The van der Waals surface area contributed by atoms with Crippen LogP contribution in [0.25, 0.3) is 10.9 Å². The Morgan fingerprint density at radius 3 is 2.54 bits per heavy atom. The van der Waals surface area contributed by atoms with Crippen molar-refractivity contribution in [3.05, 3.63) is 63.3 Å². The number of anilines is 1. The molecule has 1 aliphatic rings. The van der Waals surface area contributed by atoms with Crippen molar-refractivity contribution in [2.24, 2.45) is 0 Å². The van der Waals surface area contributed by atoms with Crippen LogP contribution >= 0.6 is 23.2 Å². The summed E-state index contributed by atoms with van der Waals surface area (Å²) in [5.41, 5.74) is 5.12. The molecule has 1 saturated heterocycles. The van der Waals surface area contributed by atoms with Gasteiger partial charge in [-0.2, -0.15) is 0 Å². The number of hydrogen-bond donors (Lipinski definition) is 2. The van der Waals surface area contributed by atoms with Crippen LogP contribution in [0.5, 0.6) is 0 Å². The highest BCUT2D eigenvalue weighted by Gasteiger charge is 2.25. The van der Waals surface area contributed by atoms with E-state index in [0.29, 0.717) is 16.6 Å². The number of nitrogens with zero attached hydrogens (tertiary/aromatic N) is 1. The first-order valence-corrected chi connectivity index (χ1v) is 10.3. The van der Waals surface area contributed by atoms with E-state index in [9.17, 15) is 4.79 Å². The average Bonchev–Trinajstić information content (AvgIpc) is 2.99. The summed E-state index contributed by atoms with van der Waals surface area (Å²) in [6, 6.07) is 12.0. The molecule has 2 N–H and O–H groups in total. The fourth-order valence-electron chi connectivity index (χ4n) is 4.06. The van der Waals surface area contributed by atoms with E-state index >= 15 is 0 Å². The van der Waals surface area contributed by atoms with E-state index in [-0.39, 0.29) is 5.78 Å². The molecule has 28 heavy (non-hydrogen) atoms. The Hall–Kier alpha value is -2.01. The standard InChI is InChI=1S/C22H23Cl2N3O/c1-14-3-5-17-20(11-14)25-15(2)22(17)21(28)13-26-7-9-27(10-8-26)16-4-6-18(23)19(24)12-16/h3-6,11-12,25H,7-10,13H2,1-2H3/p+1. The minimum Gasteiger partial charge on any atom is -0.360 e. The summed E-state index contributed by atoms with van der Waals surface area (Å²) in [5, 5.41) is 2.18. The molecule has 0 amide bonds. The van der Waals surface area contributed by atoms with Gasteiger partial charge in [-0.1, -0.05) is 35.3 Å². The molecule has 6 heteroatoms. The molecule has 0 atom stereocenters. The lowest BCUT2D eigenvalue weighted by molar-refractivity contribution is -0.892. The Morgan fingerprint density at radius 1 is 1.07 bits per heavy atom. The zero-order chi connectivity index (χ0) is 19.8. The van der Waals surface area contributed by atoms with Gasteiger partial charge in [-0.05, 0) is 43.7 Å². The van der Waals surface area contributed by atoms with Crippen LogP contribution < -0.4 is 9.80 Å². The van der Waals surface area contributed by atoms with Gasteiger partial charge in [0.05, 0.1) is 41.8 Å². The van der Waals surface area contributed by atoms with E-state index in [1.165, 1.54) is 10.5 Å². The lowest BCUT2D eigenvalue weighted by Gasteiger charge is -2.33. The number of halogens is 2. The van der Waals surface area contributed by atoms with E-state index in [0.717, 1.165) is 54.0 Å². The van der Waals surface area contributed by atoms with Crippen LogP contribution in [-0.2, 0) is 0 Å². The number of fused-ring (bicyclic) bond motifs is 1. The SMILES string of the molecule is Cc1ccc2c(C(=O)C[NH+]3CCN(c4ccc(Cl)c(Cl)c4)CC3)c(C)[nH]c2c1. The van der Waals surface area contributed by atoms with Crippen molar-refractivity contribution >= 4 is 45.6 Å². The lowest BCUT2D eigenvalue weighted by Crippen LogP contribution is -3.15. The smallest absolute Gasteiger partial charge is 0.219 e. The number of hydrogen-bond acceptors (Lipinski definition) is 2. The maximum absolute atomic E-state index is 13.0. The van der Waals surface area contributed by atoms with Gasteiger partial charge in [0.1, 0.15) is 6.54 Å². The minimum absolute atomic E-state index is 0.214. The molecule has 0 bridgehead atoms. The number of quaternary nitrogens is 1. The number of aryl methyl sites for hydroxylation is 2. The predicted molar refractivity (Wildman–Crippen MR) is 116 cm³/mol. The summed E-state index contributed by atoms with van der Waals surface area (Å²) < 4.78 is 0.